The monoisotopic (exact) mass is 864 g/mol. The molecule has 1 rings (SSSR count). The molecule has 0 aromatic heterocycles. The van der Waals surface area contributed by atoms with Crippen LogP contribution < -0.4 is 42.8 Å². The van der Waals surface area contributed by atoms with Crippen molar-refractivity contribution in [2.24, 2.45) is 17.4 Å². The topological polar surface area (TPSA) is 297 Å². The minimum Gasteiger partial charge on any atom is -0.488 e. The lowest BCUT2D eigenvalue weighted by Gasteiger charge is -2.27. The Hall–Kier alpha value is -5.30. The number of esters is 1. The number of carbonyl (C=O) groups is 8. The number of carbonyl (C=O) groups excluding carboxylic acids is 7. The molecule has 1 aromatic carbocycles. The van der Waals surface area contributed by atoms with E-state index in [1.807, 2.05) is 20.8 Å². The van der Waals surface area contributed by atoms with E-state index in [9.17, 15) is 43.5 Å². The van der Waals surface area contributed by atoms with Crippen LogP contribution in [0.3, 0.4) is 0 Å². The number of nitrogens with one attached hydrogen (secondary N) is 5. The zero-order valence-electron chi connectivity index (χ0n) is 37.5. The highest BCUT2D eigenvalue weighted by Gasteiger charge is 2.32. The van der Waals surface area contributed by atoms with Crippen LogP contribution in [0.15, 0.2) is 24.3 Å². The minimum atomic E-state index is -1.47. The molecular formula is C42H69N7O12. The molecule has 6 amide bonds. The molecule has 0 spiro atoms. The van der Waals surface area contributed by atoms with Crippen LogP contribution in [-0.2, 0) is 54.3 Å². The van der Waals surface area contributed by atoms with Crippen molar-refractivity contribution in [1.29, 1.82) is 0 Å². The van der Waals surface area contributed by atoms with E-state index in [4.69, 9.17) is 25.7 Å². The first-order valence-electron chi connectivity index (χ1n) is 20.3. The van der Waals surface area contributed by atoms with Crippen LogP contribution in [0.2, 0.25) is 0 Å². The van der Waals surface area contributed by atoms with E-state index < -0.39 is 101 Å². The third-order valence-corrected chi connectivity index (χ3v) is 8.22. The molecule has 0 aliphatic carbocycles. The number of benzene rings is 1. The van der Waals surface area contributed by atoms with Gasteiger partial charge in [0.05, 0.1) is 18.8 Å². The van der Waals surface area contributed by atoms with Crippen molar-refractivity contribution in [1.82, 2.24) is 26.6 Å². The highest BCUT2D eigenvalue weighted by Crippen LogP contribution is 2.20. The molecule has 19 nitrogen and oxygen atoms in total. The van der Waals surface area contributed by atoms with Crippen molar-refractivity contribution >= 4 is 47.4 Å². The van der Waals surface area contributed by atoms with E-state index in [0.29, 0.717) is 11.3 Å². The summed E-state index contributed by atoms with van der Waals surface area (Å²) in [6, 6.07) is 0.422. The lowest BCUT2D eigenvalue weighted by atomic mass is 10.00. The second kappa shape index (κ2) is 24.2. The quantitative estimate of drug-likeness (QED) is 0.0677. The minimum absolute atomic E-state index is 0.00944. The zero-order valence-corrected chi connectivity index (χ0v) is 37.5. The number of primary amides is 1. The van der Waals surface area contributed by atoms with Gasteiger partial charge in [0.25, 0.3) is 0 Å². The Balaban J connectivity index is 3.40. The predicted octanol–water partition coefficient (Wildman–Crippen LogP) is 1.12. The van der Waals surface area contributed by atoms with Gasteiger partial charge in [0.1, 0.15) is 47.2 Å². The SMILES string of the molecule is CC(C)C[C@H](NC(=O)[C@H](Cc1ccc(OC(C)(C)C)cc1)NC(=O)[C@@H](N)COC(C)(C)C)C(=O)N[C@@H](CCC(=O)OC(C)(C)C)C(=O)NCC(=O)N[C@@H](CCC(N)=O)C(=O)O. The molecule has 0 radical (unpaired) electrons. The van der Waals surface area contributed by atoms with Crippen LogP contribution in [-0.4, -0.2) is 113 Å². The normalized spacial score (nSPS) is 14.3. The molecule has 0 heterocycles. The summed E-state index contributed by atoms with van der Waals surface area (Å²) in [5.41, 5.74) is 9.99. The van der Waals surface area contributed by atoms with E-state index in [-0.39, 0.29) is 51.0 Å². The Morgan fingerprint density at radius 2 is 1.21 bits per heavy atom. The number of nitrogens with two attached hydrogens (primary N) is 2. The van der Waals surface area contributed by atoms with Gasteiger partial charge in [-0.15, -0.1) is 0 Å². The van der Waals surface area contributed by atoms with Crippen LogP contribution >= 0.6 is 0 Å². The molecule has 19 heteroatoms. The lowest BCUT2D eigenvalue weighted by molar-refractivity contribution is -0.155. The summed E-state index contributed by atoms with van der Waals surface area (Å²) >= 11 is 0. The molecule has 0 saturated carbocycles. The van der Waals surface area contributed by atoms with Gasteiger partial charge in [0.15, 0.2) is 0 Å². The van der Waals surface area contributed by atoms with Gasteiger partial charge in [0.2, 0.25) is 35.4 Å². The molecule has 0 unspecified atom stereocenters. The van der Waals surface area contributed by atoms with E-state index in [2.05, 4.69) is 26.6 Å². The van der Waals surface area contributed by atoms with Crippen LogP contribution in [0.1, 0.15) is 114 Å². The maximum atomic E-state index is 14.1. The summed E-state index contributed by atoms with van der Waals surface area (Å²) in [6.45, 7) is 18.8. The van der Waals surface area contributed by atoms with Gasteiger partial charge < -0.3 is 57.4 Å². The Kier molecular flexibility index (Phi) is 21.3. The number of amides is 6. The summed E-state index contributed by atoms with van der Waals surface area (Å²) < 4.78 is 16.9. The largest absolute Gasteiger partial charge is 0.488 e. The molecule has 0 aliphatic heterocycles. The molecule has 0 bridgehead atoms. The molecule has 1 aromatic rings. The van der Waals surface area contributed by atoms with E-state index in [1.165, 1.54) is 0 Å². The third kappa shape index (κ3) is 23.9. The Labute approximate surface area is 358 Å². The maximum Gasteiger partial charge on any atom is 0.326 e. The predicted molar refractivity (Wildman–Crippen MR) is 226 cm³/mol. The van der Waals surface area contributed by atoms with Crippen LogP contribution in [0, 0.1) is 5.92 Å². The summed E-state index contributed by atoms with van der Waals surface area (Å²) in [4.78, 5) is 103. The molecule has 0 saturated heterocycles. The van der Waals surface area contributed by atoms with Crippen molar-refractivity contribution in [2.45, 2.75) is 162 Å². The van der Waals surface area contributed by atoms with Gasteiger partial charge >= 0.3 is 11.9 Å². The highest BCUT2D eigenvalue weighted by atomic mass is 16.6. The van der Waals surface area contributed by atoms with Crippen molar-refractivity contribution in [2.75, 3.05) is 13.2 Å². The number of carboxylic acids is 1. The fourth-order valence-electron chi connectivity index (χ4n) is 5.44. The number of ether oxygens (including phenoxy) is 3. The number of rotatable bonds is 24. The van der Waals surface area contributed by atoms with Gasteiger partial charge in [-0.2, -0.15) is 0 Å². The fraction of sp³-hybridized carbons (Fsp3) is 0.667. The van der Waals surface area contributed by atoms with Crippen LogP contribution in [0.5, 0.6) is 5.75 Å². The second-order valence-corrected chi connectivity index (χ2v) is 18.2. The third-order valence-electron chi connectivity index (χ3n) is 8.22. The molecule has 5 atom stereocenters. The molecule has 0 aliphatic rings. The van der Waals surface area contributed by atoms with E-state index >= 15 is 0 Å². The van der Waals surface area contributed by atoms with Gasteiger partial charge in [-0.1, -0.05) is 26.0 Å². The first-order valence-corrected chi connectivity index (χ1v) is 20.3. The van der Waals surface area contributed by atoms with Gasteiger partial charge in [0, 0.05) is 19.3 Å². The molecular weight excluding hydrogens is 794 g/mol. The maximum absolute atomic E-state index is 14.1. The Morgan fingerprint density at radius 1 is 0.672 bits per heavy atom. The smallest absolute Gasteiger partial charge is 0.326 e. The van der Waals surface area contributed by atoms with Crippen molar-refractivity contribution in [3.63, 3.8) is 0 Å². The number of hydrogen-bond acceptors (Lipinski definition) is 12. The van der Waals surface area contributed by atoms with Gasteiger partial charge in [-0.25, -0.2) is 4.79 Å². The van der Waals surface area contributed by atoms with Crippen molar-refractivity contribution in [3.05, 3.63) is 29.8 Å². The lowest BCUT2D eigenvalue weighted by Crippen LogP contribution is -2.59. The number of carboxylic acid groups (broad SMARTS) is 1. The Morgan fingerprint density at radius 3 is 1.72 bits per heavy atom. The zero-order chi connectivity index (χ0) is 46.9. The average Bonchev–Trinajstić information content (AvgIpc) is 3.10. The van der Waals surface area contributed by atoms with Crippen LogP contribution in [0.4, 0.5) is 0 Å². The van der Waals surface area contributed by atoms with Crippen molar-refractivity contribution < 1.29 is 57.7 Å². The molecule has 344 valence electrons. The summed E-state index contributed by atoms with van der Waals surface area (Å²) in [6.07, 6.45) is -1.14. The Bertz CT molecular complexity index is 1660. The molecule has 10 N–H and O–H groups in total. The van der Waals surface area contributed by atoms with E-state index in [1.54, 1.807) is 79.7 Å². The summed E-state index contributed by atoms with van der Waals surface area (Å²) in [5.74, 6) is -6.48. The molecule has 61 heavy (non-hydrogen) atoms. The first-order chi connectivity index (χ1) is 27.9. The number of aliphatic carboxylic acids is 1. The summed E-state index contributed by atoms with van der Waals surface area (Å²) in [5, 5.41) is 21.9. The number of hydrogen-bond donors (Lipinski definition) is 8. The summed E-state index contributed by atoms with van der Waals surface area (Å²) in [7, 11) is 0. The van der Waals surface area contributed by atoms with Gasteiger partial charge in [-0.05, 0) is 105 Å². The van der Waals surface area contributed by atoms with E-state index in [0.717, 1.165) is 0 Å². The second-order valence-electron chi connectivity index (χ2n) is 18.2. The van der Waals surface area contributed by atoms with Crippen molar-refractivity contribution in [3.8, 4) is 5.75 Å². The average molecular weight is 864 g/mol. The fourth-order valence-corrected chi connectivity index (χ4v) is 5.44. The first kappa shape index (κ1) is 53.7. The standard InChI is InChI=1S/C42H69N7O12/c1-24(2)20-30(49-38(56)31(48-35(53)27(43)23-59-40(3,4)5)21-25-12-14-26(15-13-25)60-41(6,7)8)37(55)47-28(17-19-34(52)61-42(9,10)11)36(54)45-22-33(51)46-29(39(57)58)16-18-32(44)50/h12-15,24,27-31H,16-23,43H2,1-11H3,(H2,44,50)(H,45,54)(H,46,51)(H,47,55)(H,48,53)(H,49,56)(H,57,58)/t27-,28-,29-,30-,31-/m0/s1. The molecule has 0 fully saturated rings. The highest BCUT2D eigenvalue weighted by molar-refractivity contribution is 5.96. The van der Waals surface area contributed by atoms with Gasteiger partial charge in [-0.3, -0.25) is 33.6 Å². The van der Waals surface area contributed by atoms with Crippen LogP contribution in [0.25, 0.3) is 0 Å².